The number of rotatable bonds is 4. The first kappa shape index (κ1) is 15.4. The van der Waals surface area contributed by atoms with Crippen LogP contribution in [0.3, 0.4) is 0 Å². The number of benzene rings is 2. The number of aromatic nitrogens is 2. The average molecular weight is 329 g/mol. The van der Waals surface area contributed by atoms with E-state index in [0.29, 0.717) is 5.02 Å². The molecule has 0 radical (unpaired) electrons. The maximum atomic E-state index is 6.60. The Kier molecular flexibility index (Phi) is 4.26. The maximum absolute atomic E-state index is 6.60. The van der Waals surface area contributed by atoms with Gasteiger partial charge >= 0.3 is 0 Å². The fourth-order valence-electron chi connectivity index (χ4n) is 2.49. The van der Waals surface area contributed by atoms with Gasteiger partial charge in [0.05, 0.1) is 24.9 Å². The minimum absolute atomic E-state index is 0.628. The number of hydrogen-bond acceptors (Lipinski definition) is 3. The molecule has 0 spiro atoms. The fourth-order valence-corrected chi connectivity index (χ4v) is 2.87. The Bertz CT molecular complexity index is 808. The SMILES string of the molecule is COc1ccc(-c2nn(C)c(-c3ccc(OC)cc3)c2Cl)cc1. The predicted molar refractivity (Wildman–Crippen MR) is 92.2 cm³/mol. The monoisotopic (exact) mass is 328 g/mol. The topological polar surface area (TPSA) is 36.3 Å². The lowest BCUT2D eigenvalue weighted by molar-refractivity contribution is 0.414. The van der Waals surface area contributed by atoms with E-state index in [-0.39, 0.29) is 0 Å². The van der Waals surface area contributed by atoms with Gasteiger partial charge in [0.25, 0.3) is 0 Å². The fraction of sp³-hybridized carbons (Fsp3) is 0.167. The van der Waals surface area contributed by atoms with Crippen LogP contribution in [0.25, 0.3) is 22.5 Å². The van der Waals surface area contributed by atoms with E-state index in [4.69, 9.17) is 21.1 Å². The van der Waals surface area contributed by atoms with Crippen molar-refractivity contribution in [2.24, 2.45) is 7.05 Å². The van der Waals surface area contributed by atoms with Gasteiger partial charge in [-0.25, -0.2) is 0 Å². The van der Waals surface area contributed by atoms with Crippen LogP contribution in [0.15, 0.2) is 48.5 Å². The molecule has 0 aliphatic heterocycles. The summed E-state index contributed by atoms with van der Waals surface area (Å²) in [4.78, 5) is 0. The maximum Gasteiger partial charge on any atom is 0.118 e. The highest BCUT2D eigenvalue weighted by molar-refractivity contribution is 6.35. The molecule has 0 N–H and O–H groups in total. The molecule has 0 bridgehead atoms. The molecule has 0 aliphatic rings. The largest absolute Gasteiger partial charge is 0.497 e. The zero-order chi connectivity index (χ0) is 16.4. The molecule has 0 aliphatic carbocycles. The Morgan fingerprint density at radius 1 is 0.826 bits per heavy atom. The molecular weight excluding hydrogens is 312 g/mol. The van der Waals surface area contributed by atoms with Crippen LogP contribution in [0, 0.1) is 0 Å². The van der Waals surface area contributed by atoms with Crippen molar-refractivity contribution in [3.05, 3.63) is 53.6 Å². The lowest BCUT2D eigenvalue weighted by Gasteiger charge is -2.04. The lowest BCUT2D eigenvalue weighted by Crippen LogP contribution is -1.94. The highest BCUT2D eigenvalue weighted by Gasteiger charge is 2.17. The van der Waals surface area contributed by atoms with E-state index in [0.717, 1.165) is 34.0 Å². The van der Waals surface area contributed by atoms with Crippen LogP contribution in [0.4, 0.5) is 0 Å². The third kappa shape index (κ3) is 2.90. The highest BCUT2D eigenvalue weighted by Crippen LogP contribution is 2.36. The Morgan fingerprint density at radius 3 is 1.78 bits per heavy atom. The van der Waals surface area contributed by atoms with Gasteiger partial charge in [0, 0.05) is 18.2 Å². The summed E-state index contributed by atoms with van der Waals surface area (Å²) in [7, 11) is 5.18. The van der Waals surface area contributed by atoms with Crippen molar-refractivity contribution in [3.8, 4) is 34.0 Å². The molecule has 0 amide bonds. The van der Waals surface area contributed by atoms with Gasteiger partial charge in [0.15, 0.2) is 0 Å². The van der Waals surface area contributed by atoms with Gasteiger partial charge in [-0.3, -0.25) is 4.68 Å². The van der Waals surface area contributed by atoms with E-state index in [1.807, 2.05) is 55.6 Å². The molecular formula is C18H17ClN2O2. The summed E-state index contributed by atoms with van der Waals surface area (Å²) in [5.74, 6) is 1.61. The van der Waals surface area contributed by atoms with E-state index in [1.165, 1.54) is 0 Å². The van der Waals surface area contributed by atoms with Crippen LogP contribution in [-0.2, 0) is 7.05 Å². The first-order valence-corrected chi connectivity index (χ1v) is 7.53. The summed E-state index contributed by atoms with van der Waals surface area (Å²) >= 11 is 6.60. The van der Waals surface area contributed by atoms with Crippen LogP contribution < -0.4 is 9.47 Å². The smallest absolute Gasteiger partial charge is 0.118 e. The Balaban J connectivity index is 2.04. The van der Waals surface area contributed by atoms with Crippen molar-refractivity contribution in [2.45, 2.75) is 0 Å². The van der Waals surface area contributed by atoms with Crippen LogP contribution in [0.5, 0.6) is 11.5 Å². The number of hydrogen-bond donors (Lipinski definition) is 0. The molecule has 118 valence electrons. The second-order valence-corrected chi connectivity index (χ2v) is 5.47. The van der Waals surface area contributed by atoms with Crippen LogP contribution in [0.1, 0.15) is 0 Å². The van der Waals surface area contributed by atoms with Crippen molar-refractivity contribution in [1.29, 1.82) is 0 Å². The molecule has 23 heavy (non-hydrogen) atoms. The molecule has 1 heterocycles. The van der Waals surface area contributed by atoms with Crippen LogP contribution >= 0.6 is 11.6 Å². The third-order valence-corrected chi connectivity index (χ3v) is 4.07. The van der Waals surface area contributed by atoms with Crippen molar-refractivity contribution in [2.75, 3.05) is 14.2 Å². The van der Waals surface area contributed by atoms with E-state index in [2.05, 4.69) is 5.10 Å². The van der Waals surface area contributed by atoms with Crippen LogP contribution in [0.2, 0.25) is 5.02 Å². The van der Waals surface area contributed by atoms with Gasteiger partial charge in [0.2, 0.25) is 0 Å². The number of methoxy groups -OCH3 is 2. The summed E-state index contributed by atoms with van der Waals surface area (Å²) in [6.07, 6.45) is 0. The molecule has 2 aromatic carbocycles. The molecule has 4 nitrogen and oxygen atoms in total. The second kappa shape index (κ2) is 6.34. The molecule has 3 aromatic rings. The van der Waals surface area contributed by atoms with Crippen molar-refractivity contribution >= 4 is 11.6 Å². The lowest BCUT2D eigenvalue weighted by atomic mass is 10.1. The predicted octanol–water partition coefficient (Wildman–Crippen LogP) is 4.42. The Morgan fingerprint density at radius 2 is 1.30 bits per heavy atom. The first-order chi connectivity index (χ1) is 11.1. The number of nitrogens with zero attached hydrogens (tertiary/aromatic N) is 2. The quantitative estimate of drug-likeness (QED) is 0.711. The Hall–Kier alpha value is -2.46. The molecule has 0 saturated carbocycles. The second-order valence-electron chi connectivity index (χ2n) is 5.09. The molecule has 0 atom stereocenters. The van der Waals surface area contributed by atoms with E-state index < -0.39 is 0 Å². The third-order valence-electron chi connectivity index (χ3n) is 3.72. The summed E-state index contributed by atoms with van der Waals surface area (Å²) in [5.41, 5.74) is 3.57. The van der Waals surface area contributed by atoms with E-state index in [1.54, 1.807) is 18.9 Å². The molecule has 0 fully saturated rings. The molecule has 5 heteroatoms. The van der Waals surface area contributed by atoms with Gasteiger partial charge in [-0.05, 0) is 48.5 Å². The molecule has 0 unspecified atom stereocenters. The summed E-state index contributed by atoms with van der Waals surface area (Å²) < 4.78 is 12.2. The summed E-state index contributed by atoms with van der Waals surface area (Å²) in [6.45, 7) is 0. The van der Waals surface area contributed by atoms with E-state index in [9.17, 15) is 0 Å². The molecule has 1 aromatic heterocycles. The summed E-state index contributed by atoms with van der Waals surface area (Å²) in [5, 5.41) is 5.20. The van der Waals surface area contributed by atoms with E-state index >= 15 is 0 Å². The Labute approximate surface area is 140 Å². The number of ether oxygens (including phenoxy) is 2. The highest BCUT2D eigenvalue weighted by atomic mass is 35.5. The minimum Gasteiger partial charge on any atom is -0.497 e. The number of aryl methyl sites for hydroxylation is 1. The van der Waals surface area contributed by atoms with Gasteiger partial charge < -0.3 is 9.47 Å². The van der Waals surface area contributed by atoms with Crippen molar-refractivity contribution < 1.29 is 9.47 Å². The normalized spacial score (nSPS) is 10.6. The van der Waals surface area contributed by atoms with Crippen molar-refractivity contribution in [3.63, 3.8) is 0 Å². The average Bonchev–Trinajstić information content (AvgIpc) is 2.89. The molecule has 0 saturated heterocycles. The minimum atomic E-state index is 0.628. The molecule has 3 rings (SSSR count). The van der Waals surface area contributed by atoms with Crippen LogP contribution in [-0.4, -0.2) is 24.0 Å². The number of halogens is 1. The first-order valence-electron chi connectivity index (χ1n) is 7.15. The van der Waals surface area contributed by atoms with Gasteiger partial charge in [-0.1, -0.05) is 11.6 Å². The van der Waals surface area contributed by atoms with Gasteiger partial charge in [-0.15, -0.1) is 0 Å². The zero-order valence-corrected chi connectivity index (χ0v) is 14.0. The van der Waals surface area contributed by atoms with Gasteiger partial charge in [0.1, 0.15) is 17.2 Å². The zero-order valence-electron chi connectivity index (χ0n) is 13.2. The standard InChI is InChI=1S/C18H17ClN2O2/c1-21-18(13-6-10-15(23-3)11-7-13)16(19)17(20-21)12-4-8-14(22-2)9-5-12/h4-11H,1-3H3. The van der Waals surface area contributed by atoms with Crippen molar-refractivity contribution in [1.82, 2.24) is 9.78 Å². The summed E-state index contributed by atoms with van der Waals surface area (Å²) in [6, 6.07) is 15.5. The van der Waals surface area contributed by atoms with Gasteiger partial charge in [-0.2, -0.15) is 5.10 Å².